The van der Waals surface area contributed by atoms with Crippen LogP contribution in [0.2, 0.25) is 0 Å². The summed E-state index contributed by atoms with van der Waals surface area (Å²) in [7, 11) is 1.12. The van der Waals surface area contributed by atoms with Crippen LogP contribution in [0.15, 0.2) is 97.2 Å². The SMILES string of the molecule is CC/C=C\C/C=C\C/C=C\C/C=C\C/C=C\C/C=C\C/C=C\CCCC(=O)OC(COC(=O)CCCCCCCCCCCCCCCCC/C=C\CCCCCCCCCC)COP(=O)([O-])OCC[N+](C)(C)C. The fourth-order valence-electron chi connectivity index (χ4n) is 7.99. The van der Waals surface area contributed by atoms with E-state index in [1.54, 1.807) is 0 Å². The van der Waals surface area contributed by atoms with Crippen molar-refractivity contribution < 1.29 is 42.1 Å². The second-order valence-electron chi connectivity index (χ2n) is 21.0. The Bertz CT molecular complexity index is 1570. The number of likely N-dealkylation sites (N-methyl/N-ethyl adjacent to an activating group) is 1. The smallest absolute Gasteiger partial charge is 0.306 e. The van der Waals surface area contributed by atoms with E-state index in [0.717, 1.165) is 64.2 Å². The van der Waals surface area contributed by atoms with Crippen LogP contribution in [0.3, 0.4) is 0 Å². The van der Waals surface area contributed by atoms with Gasteiger partial charge < -0.3 is 27.9 Å². The molecule has 10 heteroatoms. The molecular weight excluding hydrogens is 942 g/mol. The number of unbranched alkanes of at least 4 members (excludes halogenated alkanes) is 24. The number of rotatable bonds is 54. The molecule has 9 nitrogen and oxygen atoms in total. The van der Waals surface area contributed by atoms with Gasteiger partial charge in [0.15, 0.2) is 6.10 Å². The third kappa shape index (κ3) is 58.2. The molecule has 0 amide bonds. The second kappa shape index (κ2) is 54.7. The normalized spacial score (nSPS) is 14.0. The standard InChI is InChI=1S/C64H112NO8P/c1-6-8-10-12-14-16-18-20-22-24-26-28-30-31-32-33-35-36-38-40-42-44-46-48-50-52-54-56-63(66)70-60-62(61-72-74(68,69)71-59-58-65(3,4)5)73-64(67)57-55-53-51-49-47-45-43-41-39-37-34-29-27-25-23-21-19-17-15-13-11-9-7-2/h9,11,15,17,21,23-24,26-27,29,37,39,43,45,49,51,62H,6-8,10,12-14,16,18-20,22,25,28,30-36,38,40-42,44,46-48,50,52-61H2,1-5H3/b11-9-,17-15-,23-21-,26-24-,29-27-,39-37-,45-43-,51-49-. The fourth-order valence-corrected chi connectivity index (χ4v) is 8.72. The van der Waals surface area contributed by atoms with Gasteiger partial charge in [-0.25, -0.2) is 0 Å². The van der Waals surface area contributed by atoms with Gasteiger partial charge in [0.2, 0.25) is 0 Å². The molecule has 0 fully saturated rings. The van der Waals surface area contributed by atoms with Gasteiger partial charge in [0.25, 0.3) is 7.82 Å². The monoisotopic (exact) mass is 1050 g/mol. The maximum absolute atomic E-state index is 12.8. The first-order chi connectivity index (χ1) is 36.0. The van der Waals surface area contributed by atoms with E-state index in [-0.39, 0.29) is 26.1 Å². The number of carbonyl (C=O) groups is 2. The van der Waals surface area contributed by atoms with Crippen molar-refractivity contribution in [2.45, 2.75) is 251 Å². The molecule has 0 aliphatic rings. The number of carbonyl (C=O) groups excluding carboxylic acids is 2. The number of nitrogens with zero attached hydrogens (tertiary/aromatic N) is 1. The average molecular weight is 1050 g/mol. The Labute approximate surface area is 455 Å². The molecule has 0 rings (SSSR count). The molecule has 0 aromatic carbocycles. The lowest BCUT2D eigenvalue weighted by Crippen LogP contribution is -2.37. The number of allylic oxidation sites excluding steroid dienone is 16. The van der Waals surface area contributed by atoms with Crippen molar-refractivity contribution in [2.75, 3.05) is 47.5 Å². The summed E-state index contributed by atoms with van der Waals surface area (Å²) >= 11 is 0. The highest BCUT2D eigenvalue weighted by atomic mass is 31.2. The maximum atomic E-state index is 12.8. The summed E-state index contributed by atoms with van der Waals surface area (Å²) in [6.07, 6.45) is 74.7. The van der Waals surface area contributed by atoms with Crippen molar-refractivity contribution in [2.24, 2.45) is 0 Å². The van der Waals surface area contributed by atoms with E-state index in [1.165, 1.54) is 141 Å². The lowest BCUT2D eigenvalue weighted by molar-refractivity contribution is -0.870. The van der Waals surface area contributed by atoms with Crippen LogP contribution in [0.4, 0.5) is 0 Å². The van der Waals surface area contributed by atoms with Crippen molar-refractivity contribution in [1.29, 1.82) is 0 Å². The Hall–Kier alpha value is -3.07. The summed E-state index contributed by atoms with van der Waals surface area (Å²) < 4.78 is 34.1. The molecule has 2 unspecified atom stereocenters. The van der Waals surface area contributed by atoms with Gasteiger partial charge in [-0.15, -0.1) is 0 Å². The zero-order chi connectivity index (χ0) is 54.2. The highest BCUT2D eigenvalue weighted by molar-refractivity contribution is 7.45. The first-order valence-corrected chi connectivity index (χ1v) is 31.4. The zero-order valence-electron chi connectivity index (χ0n) is 48.3. The third-order valence-electron chi connectivity index (χ3n) is 12.6. The first kappa shape index (κ1) is 70.9. The predicted molar refractivity (Wildman–Crippen MR) is 314 cm³/mol. The Morgan fingerprint density at radius 1 is 0.432 bits per heavy atom. The number of ether oxygens (including phenoxy) is 2. The van der Waals surface area contributed by atoms with E-state index in [1.807, 2.05) is 27.2 Å². The third-order valence-corrected chi connectivity index (χ3v) is 13.6. The minimum Gasteiger partial charge on any atom is -0.756 e. The highest BCUT2D eigenvalue weighted by Gasteiger charge is 2.21. The maximum Gasteiger partial charge on any atom is 0.306 e. The number of phosphoric acid groups is 1. The van der Waals surface area contributed by atoms with Gasteiger partial charge in [0, 0.05) is 12.8 Å². The summed E-state index contributed by atoms with van der Waals surface area (Å²) in [5.41, 5.74) is 0. The van der Waals surface area contributed by atoms with Crippen LogP contribution in [0.25, 0.3) is 0 Å². The molecule has 0 spiro atoms. The number of esters is 2. The molecule has 0 aromatic rings. The minimum absolute atomic E-state index is 0.0460. The molecular formula is C64H112NO8P. The van der Waals surface area contributed by atoms with Gasteiger partial charge in [-0.1, -0.05) is 239 Å². The van der Waals surface area contributed by atoms with Gasteiger partial charge in [-0.3, -0.25) is 14.2 Å². The minimum atomic E-state index is -4.66. The molecule has 0 aliphatic carbocycles. The Balaban J connectivity index is 4.23. The van der Waals surface area contributed by atoms with Crippen LogP contribution in [0.5, 0.6) is 0 Å². The van der Waals surface area contributed by atoms with Crippen molar-refractivity contribution in [3.8, 4) is 0 Å². The van der Waals surface area contributed by atoms with Crippen LogP contribution in [0.1, 0.15) is 245 Å². The molecule has 0 heterocycles. The molecule has 0 aliphatic heterocycles. The van der Waals surface area contributed by atoms with E-state index < -0.39 is 32.5 Å². The molecule has 426 valence electrons. The summed E-state index contributed by atoms with van der Waals surface area (Å²) in [5.74, 6) is -0.903. The van der Waals surface area contributed by atoms with Gasteiger partial charge in [-0.05, 0) is 89.9 Å². The van der Waals surface area contributed by atoms with Gasteiger partial charge in [-0.2, -0.15) is 0 Å². The fraction of sp³-hybridized carbons (Fsp3) is 0.719. The van der Waals surface area contributed by atoms with Crippen LogP contribution in [0, 0.1) is 0 Å². The topological polar surface area (TPSA) is 111 Å². The first-order valence-electron chi connectivity index (χ1n) is 29.9. The number of quaternary nitrogens is 1. The number of hydrogen-bond donors (Lipinski definition) is 0. The average Bonchev–Trinajstić information content (AvgIpc) is 3.36. The van der Waals surface area contributed by atoms with Gasteiger partial charge in [0.05, 0.1) is 27.7 Å². The van der Waals surface area contributed by atoms with Crippen molar-refractivity contribution >= 4 is 19.8 Å². The molecule has 0 saturated carbocycles. The summed E-state index contributed by atoms with van der Waals surface area (Å²) in [5, 5.41) is 0. The number of hydrogen-bond acceptors (Lipinski definition) is 8. The van der Waals surface area contributed by atoms with E-state index >= 15 is 0 Å². The quantitative estimate of drug-likeness (QED) is 0.0195. The molecule has 2 atom stereocenters. The molecule has 0 radical (unpaired) electrons. The summed E-state index contributed by atoms with van der Waals surface area (Å²) in [6, 6.07) is 0. The largest absolute Gasteiger partial charge is 0.756 e. The Morgan fingerprint density at radius 2 is 0.784 bits per heavy atom. The molecule has 0 aromatic heterocycles. The Kier molecular flexibility index (Phi) is 52.4. The van der Waals surface area contributed by atoms with Crippen LogP contribution < -0.4 is 4.89 Å². The van der Waals surface area contributed by atoms with Crippen molar-refractivity contribution in [1.82, 2.24) is 0 Å². The van der Waals surface area contributed by atoms with E-state index in [2.05, 4.69) is 105 Å². The lowest BCUT2D eigenvalue weighted by atomic mass is 10.0. The van der Waals surface area contributed by atoms with Gasteiger partial charge in [0.1, 0.15) is 19.8 Å². The molecule has 0 N–H and O–H groups in total. The highest BCUT2D eigenvalue weighted by Crippen LogP contribution is 2.38. The van der Waals surface area contributed by atoms with Crippen molar-refractivity contribution in [3.05, 3.63) is 97.2 Å². The second-order valence-corrected chi connectivity index (χ2v) is 22.4. The van der Waals surface area contributed by atoms with Crippen molar-refractivity contribution in [3.63, 3.8) is 0 Å². The van der Waals surface area contributed by atoms with Crippen LogP contribution in [-0.4, -0.2) is 70.0 Å². The number of phosphoric ester groups is 1. The van der Waals surface area contributed by atoms with E-state index in [4.69, 9.17) is 18.5 Å². The molecule has 0 saturated heterocycles. The molecule has 0 bridgehead atoms. The summed E-state index contributed by atoms with van der Waals surface area (Å²) in [6.45, 7) is 4.07. The van der Waals surface area contributed by atoms with E-state index in [0.29, 0.717) is 23.9 Å². The van der Waals surface area contributed by atoms with Crippen LogP contribution in [-0.2, 0) is 32.7 Å². The summed E-state index contributed by atoms with van der Waals surface area (Å²) in [4.78, 5) is 37.9. The van der Waals surface area contributed by atoms with Crippen LogP contribution >= 0.6 is 7.82 Å². The Morgan fingerprint density at radius 3 is 1.20 bits per heavy atom. The zero-order valence-corrected chi connectivity index (χ0v) is 49.2. The van der Waals surface area contributed by atoms with E-state index in [9.17, 15) is 19.0 Å². The predicted octanol–water partition coefficient (Wildman–Crippen LogP) is 18.2. The molecule has 74 heavy (non-hydrogen) atoms. The lowest BCUT2D eigenvalue weighted by Gasteiger charge is -2.28. The van der Waals surface area contributed by atoms with Gasteiger partial charge >= 0.3 is 11.9 Å².